The Kier molecular flexibility index (Phi) is 10.5. The Hall–Kier alpha value is -3.83. The number of carbonyl (C=O) groups is 5. The highest BCUT2D eigenvalue weighted by atomic mass is 35.5. The van der Waals surface area contributed by atoms with E-state index >= 15 is 0 Å². The van der Waals surface area contributed by atoms with E-state index in [0.717, 1.165) is 0 Å². The summed E-state index contributed by atoms with van der Waals surface area (Å²) in [5.74, 6) is -4.17. The lowest BCUT2D eigenvalue weighted by molar-refractivity contribution is -0.145. The molecule has 0 heterocycles. The van der Waals surface area contributed by atoms with Gasteiger partial charge in [-0.1, -0.05) is 69.1 Å². The van der Waals surface area contributed by atoms with Gasteiger partial charge in [0, 0.05) is 34.5 Å². The van der Waals surface area contributed by atoms with Crippen molar-refractivity contribution in [1.82, 2.24) is 16.0 Å². The number of rotatable bonds is 10. The highest BCUT2D eigenvalue weighted by molar-refractivity contribution is 6.40. The van der Waals surface area contributed by atoms with Gasteiger partial charge in [-0.2, -0.15) is 0 Å². The summed E-state index contributed by atoms with van der Waals surface area (Å²) in [4.78, 5) is 63.7. The first-order valence-corrected chi connectivity index (χ1v) is 16.7. The number of aliphatic carboxylic acids is 2. The van der Waals surface area contributed by atoms with E-state index in [1.165, 1.54) is 0 Å². The van der Waals surface area contributed by atoms with Crippen molar-refractivity contribution in [1.29, 1.82) is 0 Å². The molecular weight excluding hydrogens is 659 g/mol. The molecule has 0 aromatic heterocycles. The zero-order valence-corrected chi connectivity index (χ0v) is 29.5. The molecule has 5 atom stereocenters. The Morgan fingerprint density at radius 3 is 1.77 bits per heavy atom. The van der Waals surface area contributed by atoms with Crippen LogP contribution < -0.4 is 21.3 Å². The first kappa shape index (κ1) is 37.0. The maximum Gasteiger partial charge on any atom is 0.326 e. The van der Waals surface area contributed by atoms with E-state index in [-0.39, 0.29) is 22.0 Å². The maximum atomic E-state index is 13.6. The molecule has 0 spiro atoms. The van der Waals surface area contributed by atoms with Crippen LogP contribution in [0.4, 0.5) is 10.5 Å². The summed E-state index contributed by atoms with van der Waals surface area (Å²) in [6.07, 6.45) is 1.88. The second-order valence-corrected chi connectivity index (χ2v) is 15.4. The standard InChI is InChI=1S/C35H44Cl2N4O7/c1-32(2)21(14-16-34(32,5)40-31(48)41-35(6)17-15-22(29(44)45)33(35,3)4)27(42)39-25(30(46)47)18-19-10-12-20(13-11-19)38-28(43)26-23(36)8-7-9-24(26)37/h7-13,21-22,25H,14-18H2,1-6H3,(H,38,43)(H,39,42)(H,44,45)(H,46,47)(H2,40,41,48)/t21-,22-,25+,34-,35-/m1/s1. The Bertz CT molecular complexity index is 1590. The second-order valence-electron chi connectivity index (χ2n) is 14.6. The van der Waals surface area contributed by atoms with Gasteiger partial charge in [-0.05, 0) is 74.8 Å². The molecule has 11 nitrogen and oxygen atoms in total. The molecule has 2 saturated carbocycles. The zero-order chi connectivity index (χ0) is 35.8. The minimum Gasteiger partial charge on any atom is -0.481 e. The van der Waals surface area contributed by atoms with Crippen LogP contribution in [0.1, 0.15) is 83.1 Å². The van der Waals surface area contributed by atoms with E-state index < -0.39 is 69.6 Å². The lowest BCUT2D eigenvalue weighted by Gasteiger charge is -2.45. The van der Waals surface area contributed by atoms with Gasteiger partial charge < -0.3 is 31.5 Å². The fourth-order valence-electron chi connectivity index (χ4n) is 7.21. The van der Waals surface area contributed by atoms with Gasteiger partial charge in [0.2, 0.25) is 5.91 Å². The first-order valence-electron chi connectivity index (χ1n) is 15.9. The molecule has 2 aromatic rings. The predicted molar refractivity (Wildman–Crippen MR) is 183 cm³/mol. The predicted octanol–water partition coefficient (Wildman–Crippen LogP) is 6.13. The summed E-state index contributed by atoms with van der Waals surface area (Å²) in [5, 5.41) is 31.6. The van der Waals surface area contributed by atoms with E-state index in [1.807, 2.05) is 41.5 Å². The molecule has 0 saturated heterocycles. The molecule has 6 N–H and O–H groups in total. The summed E-state index contributed by atoms with van der Waals surface area (Å²) >= 11 is 12.3. The number of carbonyl (C=O) groups excluding carboxylic acids is 3. The minimum absolute atomic E-state index is 0.00240. The van der Waals surface area contributed by atoms with Gasteiger partial charge in [0.05, 0.1) is 21.5 Å². The average Bonchev–Trinajstić information content (AvgIpc) is 3.34. The van der Waals surface area contributed by atoms with Gasteiger partial charge in [-0.25, -0.2) is 9.59 Å². The van der Waals surface area contributed by atoms with Gasteiger partial charge in [-0.3, -0.25) is 14.4 Å². The third-order valence-electron chi connectivity index (χ3n) is 11.3. The summed E-state index contributed by atoms with van der Waals surface area (Å²) < 4.78 is 0. The number of hydrogen-bond acceptors (Lipinski definition) is 5. The quantitative estimate of drug-likeness (QED) is 0.173. The van der Waals surface area contributed by atoms with Crippen molar-refractivity contribution in [3.63, 3.8) is 0 Å². The van der Waals surface area contributed by atoms with E-state index in [1.54, 1.807) is 42.5 Å². The average molecular weight is 704 g/mol. The monoisotopic (exact) mass is 702 g/mol. The van der Waals surface area contributed by atoms with Crippen molar-refractivity contribution < 1.29 is 34.2 Å². The smallest absolute Gasteiger partial charge is 0.326 e. The van der Waals surface area contributed by atoms with Gasteiger partial charge in [0.1, 0.15) is 6.04 Å². The highest BCUT2D eigenvalue weighted by Gasteiger charge is 2.58. The van der Waals surface area contributed by atoms with Crippen LogP contribution in [0.15, 0.2) is 42.5 Å². The Balaban J connectivity index is 1.38. The molecule has 2 aliphatic rings. The van der Waals surface area contributed by atoms with Crippen LogP contribution in [0.3, 0.4) is 0 Å². The molecule has 0 aliphatic heterocycles. The summed E-state index contributed by atoms with van der Waals surface area (Å²) in [6, 6.07) is 9.66. The van der Waals surface area contributed by atoms with Crippen LogP contribution >= 0.6 is 23.2 Å². The molecule has 260 valence electrons. The van der Waals surface area contributed by atoms with Gasteiger partial charge >= 0.3 is 18.0 Å². The summed E-state index contributed by atoms with van der Waals surface area (Å²) in [5.41, 5.74) is -1.78. The van der Waals surface area contributed by atoms with E-state index in [9.17, 15) is 34.2 Å². The molecular formula is C35H44Cl2N4O7. The highest BCUT2D eigenvalue weighted by Crippen LogP contribution is 2.52. The maximum absolute atomic E-state index is 13.6. The van der Waals surface area contributed by atoms with Crippen molar-refractivity contribution in [3.8, 4) is 0 Å². The van der Waals surface area contributed by atoms with Gasteiger partial charge in [0.25, 0.3) is 5.91 Å². The topological polar surface area (TPSA) is 174 Å². The van der Waals surface area contributed by atoms with Crippen molar-refractivity contribution in [2.75, 3.05) is 5.32 Å². The van der Waals surface area contributed by atoms with Crippen LogP contribution in [0.25, 0.3) is 0 Å². The number of anilines is 1. The fraction of sp³-hybridized carbons (Fsp3) is 0.514. The van der Waals surface area contributed by atoms with Crippen LogP contribution in [0, 0.1) is 22.7 Å². The van der Waals surface area contributed by atoms with Crippen molar-refractivity contribution in [2.45, 2.75) is 90.8 Å². The van der Waals surface area contributed by atoms with Gasteiger partial charge in [0.15, 0.2) is 0 Å². The van der Waals surface area contributed by atoms with Crippen LogP contribution in [-0.4, -0.2) is 57.1 Å². The first-order chi connectivity index (χ1) is 22.2. The summed E-state index contributed by atoms with van der Waals surface area (Å²) in [6.45, 7) is 11.2. The molecule has 2 fully saturated rings. The normalized spacial score (nSPS) is 26.2. The second kappa shape index (κ2) is 13.6. The molecule has 0 radical (unpaired) electrons. The lowest BCUT2D eigenvalue weighted by atomic mass is 9.70. The Morgan fingerprint density at radius 2 is 1.29 bits per heavy atom. The van der Waals surface area contributed by atoms with Crippen molar-refractivity contribution >= 4 is 58.7 Å². The number of nitrogens with one attached hydrogen (secondary N) is 4. The minimum atomic E-state index is -1.22. The Morgan fingerprint density at radius 1 is 0.792 bits per heavy atom. The van der Waals surface area contributed by atoms with E-state index in [2.05, 4.69) is 21.3 Å². The number of carboxylic acids is 2. The fourth-order valence-corrected chi connectivity index (χ4v) is 7.78. The molecule has 4 amide bonds. The molecule has 0 unspecified atom stereocenters. The summed E-state index contributed by atoms with van der Waals surface area (Å²) in [7, 11) is 0. The van der Waals surface area contributed by atoms with Crippen LogP contribution in [0.5, 0.6) is 0 Å². The number of urea groups is 1. The van der Waals surface area contributed by atoms with Crippen LogP contribution in [0.2, 0.25) is 10.0 Å². The third kappa shape index (κ3) is 7.12. The zero-order valence-electron chi connectivity index (χ0n) is 28.0. The largest absolute Gasteiger partial charge is 0.481 e. The van der Waals surface area contributed by atoms with Gasteiger partial charge in [-0.15, -0.1) is 0 Å². The number of hydrogen-bond donors (Lipinski definition) is 6. The van der Waals surface area contributed by atoms with Crippen LogP contribution in [-0.2, 0) is 20.8 Å². The van der Waals surface area contributed by atoms with Crippen molar-refractivity contribution in [2.24, 2.45) is 22.7 Å². The third-order valence-corrected chi connectivity index (χ3v) is 11.9. The number of benzene rings is 2. The molecule has 2 aliphatic carbocycles. The number of carboxylic acid groups (broad SMARTS) is 2. The molecule has 4 rings (SSSR count). The van der Waals surface area contributed by atoms with E-state index in [4.69, 9.17) is 23.2 Å². The lowest BCUT2D eigenvalue weighted by Crippen LogP contribution is -2.63. The number of halogens is 2. The molecule has 0 bridgehead atoms. The van der Waals surface area contributed by atoms with Crippen molar-refractivity contribution in [3.05, 3.63) is 63.6 Å². The molecule has 48 heavy (non-hydrogen) atoms. The van der Waals surface area contributed by atoms with E-state index in [0.29, 0.717) is 36.9 Å². The Labute approximate surface area is 290 Å². The molecule has 2 aromatic carbocycles. The molecule has 13 heteroatoms. The number of amides is 4. The SMILES string of the molecule is CC1(C)[C@@H](C(=O)O)CC[C@@]1(C)NC(=O)N[C@]1(C)CC[C@H](C(=O)N[C@@H](Cc2ccc(NC(=O)c3c(Cl)cccc3Cl)cc2)C(=O)O)C1(C)C.